The summed E-state index contributed by atoms with van der Waals surface area (Å²) in [6, 6.07) is 2.93. The fourth-order valence-electron chi connectivity index (χ4n) is 2.31. The van der Waals surface area contributed by atoms with Crippen molar-refractivity contribution in [2.24, 2.45) is 5.92 Å². The molecule has 2 rings (SSSR count). The highest BCUT2D eigenvalue weighted by Gasteiger charge is 2.28. The number of halogens is 2. The van der Waals surface area contributed by atoms with E-state index in [9.17, 15) is 4.79 Å². The number of carbonyl (C=O) groups is 1. The molecule has 0 aliphatic heterocycles. The first-order chi connectivity index (χ1) is 9.92. The van der Waals surface area contributed by atoms with Crippen LogP contribution in [0.2, 0.25) is 10.0 Å². The molecule has 1 saturated carbocycles. The molecule has 0 saturated heterocycles. The standard InChI is InChI=1S/C15H21Cl2N3O/c1-3-20(8-10-4-5-10)9(2)15(21)19-14-12(17)6-11(16)7-13(14)18/h6-7,9-10H,3-5,8,18H2,1-2H3,(H,19,21). The van der Waals surface area contributed by atoms with Gasteiger partial charge in [-0.1, -0.05) is 30.1 Å². The van der Waals surface area contributed by atoms with E-state index in [1.165, 1.54) is 12.8 Å². The van der Waals surface area contributed by atoms with Crippen LogP contribution in [0.1, 0.15) is 26.7 Å². The maximum absolute atomic E-state index is 12.4. The smallest absolute Gasteiger partial charge is 0.241 e. The monoisotopic (exact) mass is 329 g/mol. The molecule has 6 heteroatoms. The number of carbonyl (C=O) groups excluding carboxylic acids is 1. The average Bonchev–Trinajstić information content (AvgIpc) is 3.23. The van der Waals surface area contributed by atoms with Crippen LogP contribution in [0.4, 0.5) is 11.4 Å². The maximum atomic E-state index is 12.4. The van der Waals surface area contributed by atoms with Gasteiger partial charge in [-0.25, -0.2) is 0 Å². The molecule has 1 fully saturated rings. The molecular weight excluding hydrogens is 309 g/mol. The van der Waals surface area contributed by atoms with Gasteiger partial charge >= 0.3 is 0 Å². The van der Waals surface area contributed by atoms with E-state index in [1.54, 1.807) is 12.1 Å². The van der Waals surface area contributed by atoms with Crippen molar-refractivity contribution in [3.8, 4) is 0 Å². The van der Waals surface area contributed by atoms with E-state index >= 15 is 0 Å². The maximum Gasteiger partial charge on any atom is 0.241 e. The number of nitrogens with one attached hydrogen (secondary N) is 1. The zero-order valence-corrected chi connectivity index (χ0v) is 13.8. The summed E-state index contributed by atoms with van der Waals surface area (Å²) >= 11 is 12.0. The van der Waals surface area contributed by atoms with Crippen LogP contribution >= 0.6 is 23.2 Å². The van der Waals surface area contributed by atoms with Crippen molar-refractivity contribution in [1.82, 2.24) is 4.90 Å². The normalized spacial score (nSPS) is 16.0. The van der Waals surface area contributed by atoms with Crippen molar-refractivity contribution in [3.63, 3.8) is 0 Å². The Morgan fingerprint density at radius 2 is 2.14 bits per heavy atom. The quantitative estimate of drug-likeness (QED) is 0.783. The summed E-state index contributed by atoms with van der Waals surface area (Å²) in [6.07, 6.45) is 2.53. The third-order valence-corrected chi connectivity index (χ3v) is 4.37. The number of nitrogens with zero attached hydrogens (tertiary/aromatic N) is 1. The Bertz CT molecular complexity index is 509. The van der Waals surface area contributed by atoms with Gasteiger partial charge in [-0.15, -0.1) is 0 Å². The van der Waals surface area contributed by atoms with E-state index in [2.05, 4.69) is 17.1 Å². The number of hydrogen-bond acceptors (Lipinski definition) is 3. The minimum atomic E-state index is -0.221. The molecule has 0 spiro atoms. The predicted molar refractivity (Wildman–Crippen MR) is 88.9 cm³/mol. The molecule has 1 aliphatic carbocycles. The third-order valence-electron chi connectivity index (χ3n) is 3.86. The Hall–Kier alpha value is -0.970. The van der Waals surface area contributed by atoms with Crippen molar-refractivity contribution < 1.29 is 4.79 Å². The van der Waals surface area contributed by atoms with Crippen LogP contribution in [0, 0.1) is 5.92 Å². The van der Waals surface area contributed by atoms with Crippen LogP contribution in [-0.2, 0) is 4.79 Å². The molecule has 0 aromatic heterocycles. The lowest BCUT2D eigenvalue weighted by molar-refractivity contribution is -0.120. The highest BCUT2D eigenvalue weighted by Crippen LogP contribution is 2.33. The SMILES string of the molecule is CCN(CC1CC1)C(C)C(=O)Nc1c(N)cc(Cl)cc1Cl. The second kappa shape index (κ2) is 6.86. The lowest BCUT2D eigenvalue weighted by Gasteiger charge is -2.27. The van der Waals surface area contributed by atoms with E-state index in [0.29, 0.717) is 21.4 Å². The molecule has 4 nitrogen and oxygen atoms in total. The average molecular weight is 330 g/mol. The predicted octanol–water partition coefficient (Wildman–Crippen LogP) is 3.63. The van der Waals surface area contributed by atoms with Gasteiger partial charge in [0.1, 0.15) is 0 Å². The molecule has 21 heavy (non-hydrogen) atoms. The Balaban J connectivity index is 2.06. The highest BCUT2D eigenvalue weighted by atomic mass is 35.5. The second-order valence-corrected chi connectivity index (χ2v) is 6.39. The van der Waals surface area contributed by atoms with Gasteiger partial charge in [0, 0.05) is 11.6 Å². The summed E-state index contributed by atoms with van der Waals surface area (Å²) in [6.45, 7) is 5.78. The molecule has 1 unspecified atom stereocenters. The minimum Gasteiger partial charge on any atom is -0.397 e. The number of nitrogens with two attached hydrogens (primary N) is 1. The Morgan fingerprint density at radius 3 is 2.67 bits per heavy atom. The first-order valence-corrected chi connectivity index (χ1v) is 7.97. The molecule has 0 radical (unpaired) electrons. The second-order valence-electron chi connectivity index (χ2n) is 5.55. The van der Waals surface area contributed by atoms with Crippen LogP contribution in [0.25, 0.3) is 0 Å². The number of benzene rings is 1. The van der Waals surface area contributed by atoms with Crippen molar-refractivity contribution in [1.29, 1.82) is 0 Å². The van der Waals surface area contributed by atoms with Gasteiger partial charge in [0.15, 0.2) is 0 Å². The van der Waals surface area contributed by atoms with Crippen LogP contribution in [0.5, 0.6) is 0 Å². The third kappa shape index (κ3) is 4.25. The molecule has 1 amide bonds. The minimum absolute atomic E-state index is 0.103. The lowest BCUT2D eigenvalue weighted by Crippen LogP contribution is -2.43. The van der Waals surface area contributed by atoms with Crippen LogP contribution in [0.15, 0.2) is 12.1 Å². The fourth-order valence-corrected chi connectivity index (χ4v) is 2.87. The van der Waals surface area contributed by atoms with Gasteiger partial charge in [-0.3, -0.25) is 9.69 Å². The summed E-state index contributed by atoms with van der Waals surface area (Å²) < 4.78 is 0. The van der Waals surface area contributed by atoms with Gasteiger partial charge in [0.25, 0.3) is 0 Å². The molecule has 116 valence electrons. The topological polar surface area (TPSA) is 58.4 Å². The van der Waals surface area contributed by atoms with Gasteiger partial charge < -0.3 is 11.1 Å². The number of hydrogen-bond donors (Lipinski definition) is 2. The Morgan fingerprint density at radius 1 is 1.48 bits per heavy atom. The molecule has 1 atom stereocenters. The first-order valence-electron chi connectivity index (χ1n) is 7.21. The molecular formula is C15H21Cl2N3O. The van der Waals surface area contributed by atoms with Crippen LogP contribution in [-0.4, -0.2) is 29.9 Å². The largest absolute Gasteiger partial charge is 0.397 e. The van der Waals surface area contributed by atoms with Crippen LogP contribution in [0.3, 0.4) is 0 Å². The molecule has 0 bridgehead atoms. The first kappa shape index (κ1) is 16.4. The van der Waals surface area contributed by atoms with E-state index in [4.69, 9.17) is 28.9 Å². The van der Waals surface area contributed by atoms with Crippen LogP contribution < -0.4 is 11.1 Å². The van der Waals surface area contributed by atoms with Crippen molar-refractivity contribution in [2.45, 2.75) is 32.7 Å². The lowest BCUT2D eigenvalue weighted by atomic mass is 10.2. The molecule has 0 heterocycles. The summed E-state index contributed by atoms with van der Waals surface area (Å²) in [5.74, 6) is 0.637. The summed E-state index contributed by atoms with van der Waals surface area (Å²) in [5, 5.41) is 3.62. The van der Waals surface area contributed by atoms with Crippen molar-refractivity contribution >= 4 is 40.5 Å². The highest BCUT2D eigenvalue weighted by molar-refractivity contribution is 6.37. The molecule has 1 aliphatic rings. The zero-order valence-electron chi connectivity index (χ0n) is 12.3. The van der Waals surface area contributed by atoms with Gasteiger partial charge in [-0.2, -0.15) is 0 Å². The van der Waals surface area contributed by atoms with E-state index in [1.807, 2.05) is 6.92 Å². The number of likely N-dealkylation sites (N-methyl/N-ethyl adjacent to an activating group) is 1. The molecule has 1 aromatic carbocycles. The van der Waals surface area contributed by atoms with Crippen molar-refractivity contribution in [3.05, 3.63) is 22.2 Å². The Labute approximate surface area is 135 Å². The fraction of sp³-hybridized carbons (Fsp3) is 0.533. The summed E-state index contributed by atoms with van der Waals surface area (Å²) in [5.41, 5.74) is 6.68. The Kier molecular flexibility index (Phi) is 5.36. The van der Waals surface area contributed by atoms with Gasteiger partial charge in [0.2, 0.25) is 5.91 Å². The number of amides is 1. The van der Waals surface area contributed by atoms with E-state index < -0.39 is 0 Å². The van der Waals surface area contributed by atoms with E-state index in [0.717, 1.165) is 19.0 Å². The molecule has 1 aromatic rings. The number of nitrogen functional groups attached to an aromatic ring is 1. The zero-order chi connectivity index (χ0) is 15.6. The van der Waals surface area contributed by atoms with E-state index in [-0.39, 0.29) is 11.9 Å². The number of rotatable bonds is 6. The summed E-state index contributed by atoms with van der Waals surface area (Å²) in [4.78, 5) is 14.6. The van der Waals surface area contributed by atoms with Gasteiger partial charge in [-0.05, 0) is 44.4 Å². The summed E-state index contributed by atoms with van der Waals surface area (Å²) in [7, 11) is 0. The van der Waals surface area contributed by atoms with Crippen molar-refractivity contribution in [2.75, 3.05) is 24.1 Å². The number of anilines is 2. The van der Waals surface area contributed by atoms with Gasteiger partial charge in [0.05, 0.1) is 22.4 Å². The molecule has 3 N–H and O–H groups in total.